The van der Waals surface area contributed by atoms with Crippen molar-refractivity contribution in [1.82, 2.24) is 0 Å². The molecular weight excluding hydrogens is 252 g/mol. The zero-order valence-electron chi connectivity index (χ0n) is 10.4. The van der Waals surface area contributed by atoms with Gasteiger partial charge in [-0.15, -0.1) is 0 Å². The van der Waals surface area contributed by atoms with E-state index < -0.39 is 9.84 Å². The number of aryl methyl sites for hydroxylation is 1. The van der Waals surface area contributed by atoms with Gasteiger partial charge >= 0.3 is 0 Å². The standard InChI is InChI=1S/C12H16N2O3S/c1-8-4-3-5-10-12(8)14(11(15)6-13)9(2)7-18(10,16)17/h3-5,9H,6-7,13H2,1-2H3. The van der Waals surface area contributed by atoms with Crippen molar-refractivity contribution in [3.63, 3.8) is 0 Å². The van der Waals surface area contributed by atoms with Crippen LogP contribution in [-0.4, -0.2) is 32.7 Å². The van der Waals surface area contributed by atoms with E-state index in [9.17, 15) is 13.2 Å². The summed E-state index contributed by atoms with van der Waals surface area (Å²) in [5, 5.41) is 0. The number of nitrogens with zero attached hydrogens (tertiary/aromatic N) is 1. The maximum atomic E-state index is 12.1. The molecule has 1 unspecified atom stereocenters. The topological polar surface area (TPSA) is 80.5 Å². The molecule has 1 aromatic carbocycles. The van der Waals surface area contributed by atoms with E-state index in [1.807, 2.05) is 0 Å². The molecule has 1 aromatic rings. The lowest BCUT2D eigenvalue weighted by molar-refractivity contribution is -0.117. The monoisotopic (exact) mass is 268 g/mol. The number of amides is 1. The number of nitrogens with two attached hydrogens (primary N) is 1. The van der Waals surface area contributed by atoms with Crippen LogP contribution in [-0.2, 0) is 14.6 Å². The molecule has 0 spiro atoms. The number of hydrogen-bond donors (Lipinski definition) is 1. The first-order valence-corrected chi connectivity index (χ1v) is 7.38. The highest BCUT2D eigenvalue weighted by atomic mass is 32.2. The Bertz CT molecular complexity index is 595. The molecule has 2 N–H and O–H groups in total. The molecule has 0 fully saturated rings. The van der Waals surface area contributed by atoms with Crippen LogP contribution in [0.5, 0.6) is 0 Å². The van der Waals surface area contributed by atoms with E-state index in [2.05, 4.69) is 0 Å². The largest absolute Gasteiger partial charge is 0.322 e. The van der Waals surface area contributed by atoms with E-state index >= 15 is 0 Å². The van der Waals surface area contributed by atoms with Gasteiger partial charge in [0.2, 0.25) is 5.91 Å². The Balaban J connectivity index is 2.72. The lowest BCUT2D eigenvalue weighted by atomic mass is 10.1. The number of sulfone groups is 1. The molecule has 0 saturated carbocycles. The maximum Gasteiger partial charge on any atom is 0.241 e. The molecule has 1 atom stereocenters. The Morgan fingerprint density at radius 2 is 2.17 bits per heavy atom. The second-order valence-electron chi connectivity index (χ2n) is 4.52. The molecule has 6 heteroatoms. The van der Waals surface area contributed by atoms with Gasteiger partial charge in [0, 0.05) is 6.04 Å². The molecule has 1 amide bonds. The Labute approximate surface area is 107 Å². The molecule has 1 aliphatic heterocycles. The third-order valence-electron chi connectivity index (χ3n) is 3.12. The highest BCUT2D eigenvalue weighted by Gasteiger charge is 2.36. The zero-order valence-corrected chi connectivity index (χ0v) is 11.2. The van der Waals surface area contributed by atoms with Crippen LogP contribution >= 0.6 is 0 Å². The van der Waals surface area contributed by atoms with Gasteiger partial charge in [-0.2, -0.15) is 0 Å². The van der Waals surface area contributed by atoms with Gasteiger partial charge in [0.1, 0.15) is 0 Å². The normalized spacial score (nSPS) is 21.5. The van der Waals surface area contributed by atoms with Crippen LogP contribution in [0.25, 0.3) is 0 Å². The summed E-state index contributed by atoms with van der Waals surface area (Å²) in [5.41, 5.74) is 6.65. The number of anilines is 1. The molecular formula is C12H16N2O3S. The van der Waals surface area contributed by atoms with E-state index in [1.165, 1.54) is 4.90 Å². The minimum Gasteiger partial charge on any atom is -0.322 e. The fraction of sp³-hybridized carbons (Fsp3) is 0.417. The van der Waals surface area contributed by atoms with E-state index in [-0.39, 0.29) is 29.1 Å². The fourth-order valence-corrected chi connectivity index (χ4v) is 4.17. The van der Waals surface area contributed by atoms with Crippen molar-refractivity contribution in [2.75, 3.05) is 17.2 Å². The predicted molar refractivity (Wildman–Crippen MR) is 69.2 cm³/mol. The number of benzene rings is 1. The molecule has 0 aromatic heterocycles. The summed E-state index contributed by atoms with van der Waals surface area (Å²) in [4.78, 5) is 13.6. The molecule has 5 nitrogen and oxygen atoms in total. The van der Waals surface area contributed by atoms with Gasteiger partial charge in [-0.25, -0.2) is 8.42 Å². The molecule has 1 heterocycles. The molecule has 0 radical (unpaired) electrons. The molecule has 98 valence electrons. The molecule has 2 rings (SSSR count). The van der Waals surface area contributed by atoms with Crippen molar-refractivity contribution in [1.29, 1.82) is 0 Å². The van der Waals surface area contributed by atoms with Gasteiger partial charge < -0.3 is 10.6 Å². The van der Waals surface area contributed by atoms with Crippen molar-refractivity contribution < 1.29 is 13.2 Å². The summed E-state index contributed by atoms with van der Waals surface area (Å²) in [5.74, 6) is -0.317. The smallest absolute Gasteiger partial charge is 0.241 e. The minimum atomic E-state index is -3.32. The second kappa shape index (κ2) is 4.37. The summed E-state index contributed by atoms with van der Waals surface area (Å²) in [7, 11) is -3.32. The lowest BCUT2D eigenvalue weighted by Crippen LogP contribution is -2.49. The maximum absolute atomic E-state index is 12.1. The van der Waals surface area contributed by atoms with Crippen molar-refractivity contribution in [2.24, 2.45) is 5.73 Å². The van der Waals surface area contributed by atoms with Gasteiger partial charge in [0.15, 0.2) is 9.84 Å². The zero-order chi connectivity index (χ0) is 13.5. The second-order valence-corrected chi connectivity index (χ2v) is 6.52. The van der Waals surface area contributed by atoms with Crippen LogP contribution in [0.1, 0.15) is 12.5 Å². The van der Waals surface area contributed by atoms with Crippen molar-refractivity contribution >= 4 is 21.4 Å². The number of hydrogen-bond acceptors (Lipinski definition) is 4. The number of para-hydroxylation sites is 1. The summed E-state index contributed by atoms with van der Waals surface area (Å²) in [6.45, 7) is 3.39. The van der Waals surface area contributed by atoms with Crippen LogP contribution in [0.15, 0.2) is 23.1 Å². The third-order valence-corrected chi connectivity index (χ3v) is 5.04. The van der Waals surface area contributed by atoms with Crippen LogP contribution < -0.4 is 10.6 Å². The van der Waals surface area contributed by atoms with E-state index in [0.29, 0.717) is 5.69 Å². The van der Waals surface area contributed by atoms with Gasteiger partial charge in [-0.05, 0) is 25.5 Å². The van der Waals surface area contributed by atoms with E-state index in [4.69, 9.17) is 5.73 Å². The number of fused-ring (bicyclic) bond motifs is 1. The van der Waals surface area contributed by atoms with Gasteiger partial charge in [0.05, 0.1) is 22.9 Å². The van der Waals surface area contributed by atoms with Crippen molar-refractivity contribution in [3.8, 4) is 0 Å². The Kier molecular flexibility index (Phi) is 3.16. The SMILES string of the molecule is Cc1cccc2c1N(C(=O)CN)C(C)CS2(=O)=O. The molecule has 1 aliphatic rings. The summed E-state index contributed by atoms with van der Waals surface area (Å²) in [6, 6.07) is 4.63. The first-order chi connectivity index (χ1) is 8.38. The summed E-state index contributed by atoms with van der Waals surface area (Å²) in [6.07, 6.45) is 0. The highest BCUT2D eigenvalue weighted by Crippen LogP contribution is 2.35. The average molecular weight is 268 g/mol. The van der Waals surface area contributed by atoms with Crippen LogP contribution in [0, 0.1) is 6.92 Å². The van der Waals surface area contributed by atoms with E-state index in [1.54, 1.807) is 32.0 Å². The highest BCUT2D eigenvalue weighted by molar-refractivity contribution is 7.91. The first kappa shape index (κ1) is 13.0. The number of carbonyl (C=O) groups excluding carboxylic acids is 1. The van der Waals surface area contributed by atoms with Crippen molar-refractivity contribution in [3.05, 3.63) is 23.8 Å². The van der Waals surface area contributed by atoms with Crippen LogP contribution in [0.2, 0.25) is 0 Å². The first-order valence-electron chi connectivity index (χ1n) is 5.73. The molecule has 18 heavy (non-hydrogen) atoms. The predicted octanol–water partition coefficient (Wildman–Crippen LogP) is 0.463. The Morgan fingerprint density at radius 1 is 1.50 bits per heavy atom. The Morgan fingerprint density at radius 3 is 2.78 bits per heavy atom. The van der Waals surface area contributed by atoms with Crippen LogP contribution in [0.3, 0.4) is 0 Å². The lowest BCUT2D eigenvalue weighted by Gasteiger charge is -2.35. The summed E-state index contributed by atoms with van der Waals surface area (Å²) >= 11 is 0. The van der Waals surface area contributed by atoms with Gasteiger partial charge in [0.25, 0.3) is 0 Å². The molecule has 0 aliphatic carbocycles. The number of carbonyl (C=O) groups is 1. The van der Waals surface area contributed by atoms with Crippen LogP contribution in [0.4, 0.5) is 5.69 Å². The third kappa shape index (κ3) is 1.91. The summed E-state index contributed by atoms with van der Waals surface area (Å²) < 4.78 is 24.2. The van der Waals surface area contributed by atoms with Gasteiger partial charge in [-0.1, -0.05) is 12.1 Å². The van der Waals surface area contributed by atoms with E-state index in [0.717, 1.165) is 5.56 Å². The fourth-order valence-electron chi connectivity index (χ4n) is 2.36. The molecule has 0 bridgehead atoms. The quantitative estimate of drug-likeness (QED) is 0.802. The average Bonchev–Trinajstić information content (AvgIpc) is 2.29. The Hall–Kier alpha value is -1.40. The molecule has 0 saturated heterocycles. The van der Waals surface area contributed by atoms with Gasteiger partial charge in [-0.3, -0.25) is 4.79 Å². The number of rotatable bonds is 1. The van der Waals surface area contributed by atoms with Crippen molar-refractivity contribution in [2.45, 2.75) is 24.8 Å². The minimum absolute atomic E-state index is 0.0603.